The highest BCUT2D eigenvalue weighted by Crippen LogP contribution is 2.41. The van der Waals surface area contributed by atoms with Crippen LogP contribution in [0.4, 0.5) is 5.95 Å². The molecule has 4 rings (SSSR count). The van der Waals surface area contributed by atoms with Crippen molar-refractivity contribution in [1.29, 1.82) is 0 Å². The molecule has 132 valence electrons. The van der Waals surface area contributed by atoms with Gasteiger partial charge in [-0.1, -0.05) is 67.1 Å². The first-order chi connectivity index (χ1) is 12.7. The molecule has 2 aromatic carbocycles. The number of fused-ring (bicyclic) bond motifs is 1. The first-order valence-corrected chi connectivity index (χ1v) is 9.02. The van der Waals surface area contributed by atoms with Crippen LogP contribution in [0.5, 0.6) is 0 Å². The first kappa shape index (κ1) is 16.5. The fourth-order valence-electron chi connectivity index (χ4n) is 3.67. The topological polar surface area (TPSA) is 51.0 Å². The zero-order valence-corrected chi connectivity index (χ0v) is 15.0. The second kappa shape index (κ2) is 6.75. The van der Waals surface area contributed by atoms with Gasteiger partial charge in [-0.15, -0.1) is 0 Å². The monoisotopic (exact) mass is 346 g/mol. The van der Waals surface area contributed by atoms with Crippen molar-refractivity contribution < 1.29 is 4.79 Å². The molecule has 0 aliphatic carbocycles. The van der Waals surface area contributed by atoms with Gasteiger partial charge in [0.05, 0.1) is 12.1 Å². The van der Waals surface area contributed by atoms with Crippen LogP contribution >= 0.6 is 0 Å². The first-order valence-electron chi connectivity index (χ1n) is 9.02. The number of carbonyl (C=O) groups is 1. The van der Waals surface area contributed by atoms with Crippen LogP contribution in [0.25, 0.3) is 0 Å². The maximum atomic E-state index is 12.7. The predicted molar refractivity (Wildman–Crippen MR) is 101 cm³/mol. The SMILES string of the molecule is CCC(=O)N1c2ncnn2[C@@H](c2ccc(C)cc2)C[C@@H]1c1ccccc1. The highest BCUT2D eigenvalue weighted by Gasteiger charge is 2.38. The second-order valence-corrected chi connectivity index (χ2v) is 6.71. The zero-order valence-electron chi connectivity index (χ0n) is 15.0. The van der Waals surface area contributed by atoms with Crippen LogP contribution in [0.1, 0.15) is 48.5 Å². The van der Waals surface area contributed by atoms with Crippen molar-refractivity contribution >= 4 is 11.9 Å². The molecule has 0 spiro atoms. The number of aromatic nitrogens is 3. The third-order valence-corrected chi connectivity index (χ3v) is 5.04. The molecule has 1 aliphatic rings. The second-order valence-electron chi connectivity index (χ2n) is 6.71. The summed E-state index contributed by atoms with van der Waals surface area (Å²) in [5.41, 5.74) is 3.54. The summed E-state index contributed by atoms with van der Waals surface area (Å²) in [6.07, 6.45) is 2.75. The van der Waals surface area contributed by atoms with E-state index in [1.807, 2.05) is 34.7 Å². The molecule has 0 radical (unpaired) electrons. The number of hydrogen-bond donors (Lipinski definition) is 0. The lowest BCUT2D eigenvalue weighted by molar-refractivity contribution is -0.119. The molecule has 2 heterocycles. The van der Waals surface area contributed by atoms with Crippen molar-refractivity contribution in [2.24, 2.45) is 0 Å². The maximum absolute atomic E-state index is 12.7. The van der Waals surface area contributed by atoms with Crippen molar-refractivity contribution in [2.75, 3.05) is 4.90 Å². The molecule has 1 aliphatic heterocycles. The maximum Gasteiger partial charge on any atom is 0.231 e. The number of hydrogen-bond acceptors (Lipinski definition) is 3. The van der Waals surface area contributed by atoms with Crippen molar-refractivity contribution in [3.05, 3.63) is 77.6 Å². The molecule has 3 aromatic rings. The fourth-order valence-corrected chi connectivity index (χ4v) is 3.67. The summed E-state index contributed by atoms with van der Waals surface area (Å²) < 4.78 is 1.89. The molecule has 0 bridgehead atoms. The van der Waals surface area contributed by atoms with Gasteiger partial charge in [0.25, 0.3) is 0 Å². The summed E-state index contributed by atoms with van der Waals surface area (Å²) in [4.78, 5) is 19.0. The lowest BCUT2D eigenvalue weighted by Gasteiger charge is -2.39. The van der Waals surface area contributed by atoms with Gasteiger partial charge in [-0.25, -0.2) is 4.68 Å². The summed E-state index contributed by atoms with van der Waals surface area (Å²) in [6, 6.07) is 18.7. The summed E-state index contributed by atoms with van der Waals surface area (Å²) >= 11 is 0. The standard InChI is InChI=1S/C21H22N4O/c1-3-20(26)24-18(16-7-5-4-6-8-16)13-19(25-21(24)22-14-23-25)17-11-9-15(2)10-12-17/h4-12,14,18-19H,3,13H2,1-2H3/t18-,19-/m1/s1. The van der Waals surface area contributed by atoms with Crippen LogP contribution in [0.2, 0.25) is 0 Å². The van der Waals surface area contributed by atoms with Crippen molar-refractivity contribution in [1.82, 2.24) is 14.8 Å². The molecule has 0 unspecified atom stereocenters. The Hall–Kier alpha value is -2.95. The quantitative estimate of drug-likeness (QED) is 0.718. The molecule has 0 fully saturated rings. The van der Waals surface area contributed by atoms with E-state index >= 15 is 0 Å². The van der Waals surface area contributed by atoms with E-state index in [1.54, 1.807) is 6.33 Å². The van der Waals surface area contributed by atoms with E-state index in [4.69, 9.17) is 0 Å². The molecule has 0 saturated heterocycles. The Bertz CT molecular complexity index is 901. The van der Waals surface area contributed by atoms with Crippen LogP contribution in [-0.4, -0.2) is 20.7 Å². The number of benzene rings is 2. The largest absolute Gasteiger partial charge is 0.274 e. The number of nitrogens with zero attached hydrogens (tertiary/aromatic N) is 4. The van der Waals surface area contributed by atoms with Gasteiger partial charge in [0.15, 0.2) is 0 Å². The molecule has 2 atom stereocenters. The van der Waals surface area contributed by atoms with E-state index in [0.717, 1.165) is 12.0 Å². The van der Waals surface area contributed by atoms with Gasteiger partial charge >= 0.3 is 0 Å². The average molecular weight is 346 g/mol. The molecule has 0 saturated carbocycles. The van der Waals surface area contributed by atoms with Crippen LogP contribution < -0.4 is 4.90 Å². The summed E-state index contributed by atoms with van der Waals surface area (Å²) in [6.45, 7) is 3.97. The van der Waals surface area contributed by atoms with Gasteiger partial charge in [0, 0.05) is 6.42 Å². The number of amides is 1. The van der Waals surface area contributed by atoms with Gasteiger partial charge in [-0.2, -0.15) is 10.1 Å². The Morgan fingerprint density at radius 2 is 1.73 bits per heavy atom. The molecule has 5 heteroatoms. The van der Waals surface area contributed by atoms with Crippen LogP contribution in [0.15, 0.2) is 60.9 Å². The lowest BCUT2D eigenvalue weighted by Crippen LogP contribution is -2.42. The normalized spacial score (nSPS) is 19.2. The van der Waals surface area contributed by atoms with E-state index in [9.17, 15) is 4.79 Å². The molecular weight excluding hydrogens is 324 g/mol. The van der Waals surface area contributed by atoms with Crippen LogP contribution in [-0.2, 0) is 4.79 Å². The van der Waals surface area contributed by atoms with Crippen molar-refractivity contribution in [3.63, 3.8) is 0 Å². The third-order valence-electron chi connectivity index (χ3n) is 5.04. The van der Waals surface area contributed by atoms with E-state index in [-0.39, 0.29) is 18.0 Å². The van der Waals surface area contributed by atoms with Gasteiger partial charge in [0.2, 0.25) is 11.9 Å². The van der Waals surface area contributed by atoms with Crippen LogP contribution in [0.3, 0.4) is 0 Å². The number of aryl methyl sites for hydroxylation is 1. The van der Waals surface area contributed by atoms with Crippen molar-refractivity contribution in [3.8, 4) is 0 Å². The third kappa shape index (κ3) is 2.79. The fraction of sp³-hybridized carbons (Fsp3) is 0.286. The highest BCUT2D eigenvalue weighted by atomic mass is 16.2. The highest BCUT2D eigenvalue weighted by molar-refractivity contribution is 5.92. The zero-order chi connectivity index (χ0) is 18.1. The van der Waals surface area contributed by atoms with Crippen LogP contribution in [0, 0.1) is 6.92 Å². The average Bonchev–Trinajstić information content (AvgIpc) is 3.17. The van der Waals surface area contributed by atoms with E-state index < -0.39 is 0 Å². The summed E-state index contributed by atoms with van der Waals surface area (Å²) in [5, 5.41) is 4.44. The number of anilines is 1. The van der Waals surface area contributed by atoms with Gasteiger partial charge in [-0.05, 0) is 24.5 Å². The molecule has 0 N–H and O–H groups in total. The number of rotatable bonds is 3. The Morgan fingerprint density at radius 3 is 2.42 bits per heavy atom. The molecule has 1 aromatic heterocycles. The lowest BCUT2D eigenvalue weighted by atomic mass is 9.91. The Labute approximate surface area is 153 Å². The minimum Gasteiger partial charge on any atom is -0.274 e. The van der Waals surface area contributed by atoms with E-state index in [0.29, 0.717) is 12.4 Å². The number of carbonyl (C=O) groups excluding carboxylic acids is 1. The smallest absolute Gasteiger partial charge is 0.231 e. The van der Waals surface area contributed by atoms with E-state index in [1.165, 1.54) is 11.1 Å². The molecule has 5 nitrogen and oxygen atoms in total. The van der Waals surface area contributed by atoms with Gasteiger partial charge in [-0.3, -0.25) is 9.69 Å². The summed E-state index contributed by atoms with van der Waals surface area (Å²) in [5.74, 6) is 0.693. The van der Waals surface area contributed by atoms with Gasteiger partial charge in [0.1, 0.15) is 6.33 Å². The minimum absolute atomic E-state index is 0.0494. The van der Waals surface area contributed by atoms with Gasteiger partial charge < -0.3 is 0 Å². The molecule has 26 heavy (non-hydrogen) atoms. The molecular formula is C21H22N4O. The van der Waals surface area contributed by atoms with E-state index in [2.05, 4.69) is 53.4 Å². The Morgan fingerprint density at radius 1 is 1.04 bits per heavy atom. The predicted octanol–water partition coefficient (Wildman–Crippen LogP) is 4.06. The summed E-state index contributed by atoms with van der Waals surface area (Å²) in [7, 11) is 0. The van der Waals surface area contributed by atoms with Crippen molar-refractivity contribution in [2.45, 2.75) is 38.8 Å². The Kier molecular flexibility index (Phi) is 4.29. The molecule has 1 amide bonds. The minimum atomic E-state index is -0.0494. The Balaban J connectivity index is 1.83.